The van der Waals surface area contributed by atoms with E-state index in [4.69, 9.17) is 5.11 Å². The average molecular weight is 301 g/mol. The van der Waals surface area contributed by atoms with Crippen molar-refractivity contribution in [3.63, 3.8) is 0 Å². The zero-order valence-corrected chi connectivity index (χ0v) is 11.7. The standard InChI is InChI=1S/C15H18F3NO2/c1-9-2-4-10(5-3-9)19-11-6-7-13(15(16,17)18)12(8-11)14(20)21/h6-10,19H,2-5H2,1H3,(H,20,21). The van der Waals surface area contributed by atoms with E-state index >= 15 is 0 Å². The molecule has 1 aromatic carbocycles. The molecule has 0 heterocycles. The van der Waals surface area contributed by atoms with Crippen molar-refractivity contribution in [2.75, 3.05) is 5.32 Å². The summed E-state index contributed by atoms with van der Waals surface area (Å²) in [5.41, 5.74) is -1.39. The molecule has 2 N–H and O–H groups in total. The van der Waals surface area contributed by atoms with Crippen LogP contribution in [0.1, 0.15) is 48.5 Å². The predicted octanol–water partition coefficient (Wildman–Crippen LogP) is 4.39. The van der Waals surface area contributed by atoms with Gasteiger partial charge in [0.1, 0.15) is 0 Å². The topological polar surface area (TPSA) is 49.3 Å². The quantitative estimate of drug-likeness (QED) is 0.870. The van der Waals surface area contributed by atoms with E-state index in [1.54, 1.807) is 0 Å². The summed E-state index contributed by atoms with van der Waals surface area (Å²) in [6, 6.07) is 3.40. The van der Waals surface area contributed by atoms with Crippen LogP contribution in [0.15, 0.2) is 18.2 Å². The fraction of sp³-hybridized carbons (Fsp3) is 0.533. The van der Waals surface area contributed by atoms with Gasteiger partial charge in [0, 0.05) is 11.7 Å². The third-order valence-corrected chi connectivity index (χ3v) is 3.94. The second kappa shape index (κ2) is 5.95. The van der Waals surface area contributed by atoms with E-state index < -0.39 is 23.3 Å². The van der Waals surface area contributed by atoms with E-state index in [2.05, 4.69) is 12.2 Å². The van der Waals surface area contributed by atoms with Crippen LogP contribution in [0.5, 0.6) is 0 Å². The summed E-state index contributed by atoms with van der Waals surface area (Å²) in [5.74, 6) is -0.895. The Labute approximate surface area is 121 Å². The Bertz CT molecular complexity index is 520. The van der Waals surface area contributed by atoms with Crippen LogP contribution in [0.3, 0.4) is 0 Å². The molecule has 0 bridgehead atoms. The molecule has 1 aromatic rings. The van der Waals surface area contributed by atoms with Gasteiger partial charge in [0.25, 0.3) is 0 Å². The van der Waals surface area contributed by atoms with Crippen molar-refractivity contribution in [1.82, 2.24) is 0 Å². The van der Waals surface area contributed by atoms with Crippen LogP contribution in [0.25, 0.3) is 0 Å². The molecule has 2 rings (SSSR count). The highest BCUT2D eigenvalue weighted by Crippen LogP contribution is 2.34. The Hall–Kier alpha value is -1.72. The van der Waals surface area contributed by atoms with Crippen molar-refractivity contribution in [2.24, 2.45) is 5.92 Å². The number of rotatable bonds is 3. The average Bonchev–Trinajstić information content (AvgIpc) is 2.40. The van der Waals surface area contributed by atoms with Gasteiger partial charge in [-0.25, -0.2) is 4.79 Å². The molecule has 1 fully saturated rings. The molecule has 3 nitrogen and oxygen atoms in total. The molecule has 116 valence electrons. The normalized spacial score (nSPS) is 22.9. The molecule has 0 atom stereocenters. The van der Waals surface area contributed by atoms with Gasteiger partial charge in [-0.05, 0) is 49.8 Å². The fourth-order valence-electron chi connectivity index (χ4n) is 2.70. The molecule has 21 heavy (non-hydrogen) atoms. The van der Waals surface area contributed by atoms with Gasteiger partial charge in [0.2, 0.25) is 0 Å². The number of halogens is 3. The molecular formula is C15H18F3NO2. The van der Waals surface area contributed by atoms with Gasteiger partial charge < -0.3 is 10.4 Å². The molecule has 0 amide bonds. The molecular weight excluding hydrogens is 283 g/mol. The van der Waals surface area contributed by atoms with Gasteiger partial charge in [0.15, 0.2) is 0 Å². The number of hydrogen-bond acceptors (Lipinski definition) is 2. The number of anilines is 1. The maximum Gasteiger partial charge on any atom is 0.417 e. The lowest BCUT2D eigenvalue weighted by Gasteiger charge is -2.28. The predicted molar refractivity (Wildman–Crippen MR) is 73.4 cm³/mol. The highest BCUT2D eigenvalue weighted by molar-refractivity contribution is 5.91. The first-order chi connectivity index (χ1) is 9.77. The van der Waals surface area contributed by atoms with E-state index in [0.717, 1.165) is 37.8 Å². The van der Waals surface area contributed by atoms with Crippen LogP contribution < -0.4 is 5.32 Å². The monoisotopic (exact) mass is 301 g/mol. The smallest absolute Gasteiger partial charge is 0.417 e. The summed E-state index contributed by atoms with van der Waals surface area (Å²) in [6.45, 7) is 2.18. The number of carbonyl (C=O) groups is 1. The molecule has 1 saturated carbocycles. The van der Waals surface area contributed by atoms with Crippen molar-refractivity contribution in [1.29, 1.82) is 0 Å². The number of benzene rings is 1. The lowest BCUT2D eigenvalue weighted by Crippen LogP contribution is -2.25. The minimum absolute atomic E-state index is 0.194. The number of aromatic carboxylic acids is 1. The third kappa shape index (κ3) is 3.89. The van der Waals surface area contributed by atoms with Gasteiger partial charge in [-0.1, -0.05) is 6.92 Å². The Morgan fingerprint density at radius 2 is 1.86 bits per heavy atom. The van der Waals surface area contributed by atoms with E-state index in [-0.39, 0.29) is 6.04 Å². The molecule has 0 unspecified atom stereocenters. The summed E-state index contributed by atoms with van der Waals surface area (Å²) in [5, 5.41) is 12.1. The maximum atomic E-state index is 12.8. The van der Waals surface area contributed by atoms with E-state index in [1.807, 2.05) is 0 Å². The van der Waals surface area contributed by atoms with Gasteiger partial charge in [-0.15, -0.1) is 0 Å². The van der Waals surface area contributed by atoms with Gasteiger partial charge in [-0.2, -0.15) is 13.2 Å². The van der Waals surface area contributed by atoms with Crippen LogP contribution in [0, 0.1) is 5.92 Å². The minimum atomic E-state index is -4.66. The van der Waals surface area contributed by atoms with Crippen LogP contribution in [0.2, 0.25) is 0 Å². The zero-order chi connectivity index (χ0) is 15.6. The molecule has 1 aliphatic carbocycles. The first-order valence-corrected chi connectivity index (χ1v) is 6.98. The van der Waals surface area contributed by atoms with Crippen molar-refractivity contribution in [3.8, 4) is 0 Å². The molecule has 0 aromatic heterocycles. The number of carboxylic acids is 1. The number of carboxylic acid groups (broad SMARTS) is 1. The maximum absolute atomic E-state index is 12.8. The molecule has 0 spiro atoms. The molecule has 0 radical (unpaired) electrons. The fourth-order valence-corrected chi connectivity index (χ4v) is 2.70. The molecule has 0 aliphatic heterocycles. The number of alkyl halides is 3. The van der Waals surface area contributed by atoms with Crippen molar-refractivity contribution < 1.29 is 23.1 Å². The summed E-state index contributed by atoms with van der Waals surface area (Å²) in [6.07, 6.45) is -0.615. The highest BCUT2D eigenvalue weighted by Gasteiger charge is 2.35. The van der Waals surface area contributed by atoms with Gasteiger partial charge in [0.05, 0.1) is 11.1 Å². The molecule has 6 heteroatoms. The Morgan fingerprint density at radius 3 is 2.38 bits per heavy atom. The van der Waals surface area contributed by atoms with Crippen LogP contribution in [0.4, 0.5) is 18.9 Å². The summed E-state index contributed by atoms with van der Waals surface area (Å²) in [7, 11) is 0. The van der Waals surface area contributed by atoms with Crippen molar-refractivity contribution in [3.05, 3.63) is 29.3 Å². The second-order valence-electron chi connectivity index (χ2n) is 5.66. The molecule has 1 aliphatic rings. The van der Waals surface area contributed by atoms with Crippen LogP contribution in [-0.2, 0) is 6.18 Å². The zero-order valence-electron chi connectivity index (χ0n) is 11.7. The van der Waals surface area contributed by atoms with Gasteiger partial charge in [-0.3, -0.25) is 0 Å². The SMILES string of the molecule is CC1CCC(Nc2ccc(C(F)(F)F)c(C(=O)O)c2)CC1. The van der Waals surface area contributed by atoms with E-state index in [9.17, 15) is 18.0 Å². The first kappa shape index (κ1) is 15.7. The van der Waals surface area contributed by atoms with E-state index in [1.165, 1.54) is 6.07 Å². The second-order valence-corrected chi connectivity index (χ2v) is 5.66. The number of hydrogen-bond donors (Lipinski definition) is 2. The Kier molecular flexibility index (Phi) is 4.44. The third-order valence-electron chi connectivity index (χ3n) is 3.94. The number of nitrogens with one attached hydrogen (secondary N) is 1. The highest BCUT2D eigenvalue weighted by atomic mass is 19.4. The van der Waals surface area contributed by atoms with Crippen molar-refractivity contribution >= 4 is 11.7 Å². The van der Waals surface area contributed by atoms with E-state index in [0.29, 0.717) is 11.6 Å². The molecule has 0 saturated heterocycles. The van der Waals surface area contributed by atoms with Crippen molar-refractivity contribution in [2.45, 2.75) is 44.8 Å². The first-order valence-electron chi connectivity index (χ1n) is 6.98. The van der Waals surface area contributed by atoms with Crippen LogP contribution >= 0.6 is 0 Å². The van der Waals surface area contributed by atoms with Crippen LogP contribution in [-0.4, -0.2) is 17.1 Å². The Balaban J connectivity index is 2.18. The minimum Gasteiger partial charge on any atom is -0.478 e. The largest absolute Gasteiger partial charge is 0.478 e. The summed E-state index contributed by atoms with van der Waals surface area (Å²) < 4.78 is 38.3. The van der Waals surface area contributed by atoms with Gasteiger partial charge >= 0.3 is 12.1 Å². The lowest BCUT2D eigenvalue weighted by atomic mass is 9.87. The Morgan fingerprint density at radius 1 is 1.24 bits per heavy atom. The summed E-state index contributed by atoms with van der Waals surface area (Å²) in [4.78, 5) is 11.0. The summed E-state index contributed by atoms with van der Waals surface area (Å²) >= 11 is 0. The lowest BCUT2D eigenvalue weighted by molar-refractivity contribution is -0.138.